The average Bonchev–Trinajstić information content (AvgIpc) is 2.39. The van der Waals surface area contributed by atoms with Crippen molar-refractivity contribution >= 4 is 0 Å². The zero-order valence-electron chi connectivity index (χ0n) is 11.1. The summed E-state index contributed by atoms with van der Waals surface area (Å²) in [5, 5.41) is 3.47. The molecule has 0 bridgehead atoms. The van der Waals surface area contributed by atoms with Crippen molar-refractivity contribution in [3.8, 4) is 0 Å². The van der Waals surface area contributed by atoms with Gasteiger partial charge in [0.25, 0.3) is 0 Å². The van der Waals surface area contributed by atoms with Crippen molar-refractivity contribution in [2.45, 2.75) is 12.5 Å². The standard InChI is InChI=1S/C12H26N2O3/c1-15-9-6-14(7-10-16-2)5-3-12-11-17-8-4-13-12/h12-13H,3-11H2,1-2H3. The van der Waals surface area contributed by atoms with E-state index in [-0.39, 0.29) is 0 Å². The van der Waals surface area contributed by atoms with Gasteiger partial charge in [-0.15, -0.1) is 0 Å². The first-order valence-electron chi connectivity index (χ1n) is 6.38. The summed E-state index contributed by atoms with van der Waals surface area (Å²) in [6, 6.07) is 0.497. The number of hydrogen-bond acceptors (Lipinski definition) is 5. The third-order valence-electron chi connectivity index (χ3n) is 3.02. The minimum absolute atomic E-state index is 0.497. The molecule has 0 amide bonds. The lowest BCUT2D eigenvalue weighted by molar-refractivity contribution is 0.0646. The second kappa shape index (κ2) is 9.79. The second-order valence-electron chi connectivity index (χ2n) is 4.34. The van der Waals surface area contributed by atoms with E-state index in [1.165, 1.54) is 0 Å². The van der Waals surface area contributed by atoms with E-state index in [1.54, 1.807) is 14.2 Å². The molecule has 0 aromatic rings. The molecule has 17 heavy (non-hydrogen) atoms. The first-order valence-corrected chi connectivity index (χ1v) is 6.38. The van der Waals surface area contributed by atoms with E-state index in [1.807, 2.05) is 0 Å². The summed E-state index contributed by atoms with van der Waals surface area (Å²) in [6.07, 6.45) is 1.12. The highest BCUT2D eigenvalue weighted by molar-refractivity contribution is 4.72. The van der Waals surface area contributed by atoms with Crippen molar-refractivity contribution in [1.29, 1.82) is 0 Å². The zero-order valence-corrected chi connectivity index (χ0v) is 11.1. The van der Waals surface area contributed by atoms with Crippen LogP contribution in [0.5, 0.6) is 0 Å². The van der Waals surface area contributed by atoms with Crippen LogP contribution in [0.3, 0.4) is 0 Å². The number of hydrogen-bond donors (Lipinski definition) is 1. The number of nitrogens with one attached hydrogen (secondary N) is 1. The zero-order chi connectivity index (χ0) is 12.3. The Bertz CT molecular complexity index is 167. The maximum Gasteiger partial charge on any atom is 0.0620 e. The van der Waals surface area contributed by atoms with Crippen molar-refractivity contribution in [2.75, 3.05) is 66.8 Å². The molecule has 0 aliphatic carbocycles. The molecule has 0 aromatic heterocycles. The van der Waals surface area contributed by atoms with E-state index in [0.717, 1.165) is 59.0 Å². The summed E-state index contributed by atoms with van der Waals surface area (Å²) < 4.78 is 15.7. The van der Waals surface area contributed by atoms with Gasteiger partial charge in [-0.3, -0.25) is 4.90 Å². The molecule has 0 radical (unpaired) electrons. The fraction of sp³-hybridized carbons (Fsp3) is 1.00. The minimum Gasteiger partial charge on any atom is -0.383 e. The maximum absolute atomic E-state index is 5.45. The van der Waals surface area contributed by atoms with Crippen LogP contribution in [0, 0.1) is 0 Å². The Morgan fingerprint density at radius 3 is 2.41 bits per heavy atom. The molecule has 1 aliphatic rings. The molecule has 0 aromatic carbocycles. The van der Waals surface area contributed by atoms with Crippen molar-refractivity contribution in [3.63, 3.8) is 0 Å². The lowest BCUT2D eigenvalue weighted by Gasteiger charge is -2.27. The normalized spacial score (nSPS) is 21.0. The van der Waals surface area contributed by atoms with E-state index in [0.29, 0.717) is 6.04 Å². The van der Waals surface area contributed by atoms with Crippen LogP contribution in [-0.4, -0.2) is 77.8 Å². The molecule has 5 nitrogen and oxygen atoms in total. The molecule has 102 valence electrons. The molecular weight excluding hydrogens is 220 g/mol. The molecule has 0 spiro atoms. The Kier molecular flexibility index (Phi) is 8.56. The van der Waals surface area contributed by atoms with Crippen LogP contribution in [0.2, 0.25) is 0 Å². The van der Waals surface area contributed by atoms with Crippen LogP contribution in [-0.2, 0) is 14.2 Å². The van der Waals surface area contributed by atoms with Crippen molar-refractivity contribution in [1.82, 2.24) is 10.2 Å². The summed E-state index contributed by atoms with van der Waals surface area (Å²) in [6.45, 7) is 7.20. The number of ether oxygens (including phenoxy) is 3. The predicted molar refractivity (Wildman–Crippen MR) is 67.4 cm³/mol. The smallest absolute Gasteiger partial charge is 0.0620 e. The lowest BCUT2D eigenvalue weighted by atomic mass is 10.2. The quantitative estimate of drug-likeness (QED) is 0.618. The third kappa shape index (κ3) is 6.95. The van der Waals surface area contributed by atoms with Gasteiger partial charge in [0.2, 0.25) is 0 Å². The molecule has 1 N–H and O–H groups in total. The lowest BCUT2D eigenvalue weighted by Crippen LogP contribution is -2.44. The van der Waals surface area contributed by atoms with Gasteiger partial charge < -0.3 is 19.5 Å². The molecule has 1 saturated heterocycles. The molecule has 1 aliphatic heterocycles. The van der Waals surface area contributed by atoms with Gasteiger partial charge in [-0.05, 0) is 13.0 Å². The van der Waals surface area contributed by atoms with E-state index < -0.39 is 0 Å². The van der Waals surface area contributed by atoms with Crippen LogP contribution < -0.4 is 5.32 Å². The third-order valence-corrected chi connectivity index (χ3v) is 3.02. The van der Waals surface area contributed by atoms with Gasteiger partial charge in [-0.25, -0.2) is 0 Å². The van der Waals surface area contributed by atoms with Crippen LogP contribution in [0.1, 0.15) is 6.42 Å². The average molecular weight is 246 g/mol. The van der Waals surface area contributed by atoms with E-state index in [4.69, 9.17) is 14.2 Å². The van der Waals surface area contributed by atoms with Gasteiger partial charge in [0.05, 0.1) is 26.4 Å². The van der Waals surface area contributed by atoms with Gasteiger partial charge in [-0.1, -0.05) is 0 Å². The Morgan fingerprint density at radius 2 is 1.88 bits per heavy atom. The summed E-state index contributed by atoms with van der Waals surface area (Å²) in [4.78, 5) is 2.38. The first kappa shape index (κ1) is 14.9. The van der Waals surface area contributed by atoms with Crippen molar-refractivity contribution < 1.29 is 14.2 Å². The summed E-state index contributed by atoms with van der Waals surface area (Å²) in [5.74, 6) is 0. The summed E-state index contributed by atoms with van der Waals surface area (Å²) >= 11 is 0. The molecule has 1 fully saturated rings. The summed E-state index contributed by atoms with van der Waals surface area (Å²) in [7, 11) is 3.48. The maximum atomic E-state index is 5.45. The SMILES string of the molecule is COCCN(CCOC)CCC1COCCN1. The van der Waals surface area contributed by atoms with E-state index in [2.05, 4.69) is 10.2 Å². The Balaban J connectivity index is 2.16. The number of morpholine rings is 1. The minimum atomic E-state index is 0.497. The van der Waals surface area contributed by atoms with Crippen LogP contribution in [0.25, 0.3) is 0 Å². The largest absolute Gasteiger partial charge is 0.383 e. The van der Waals surface area contributed by atoms with Gasteiger partial charge >= 0.3 is 0 Å². The monoisotopic (exact) mass is 246 g/mol. The van der Waals surface area contributed by atoms with Gasteiger partial charge in [0.1, 0.15) is 0 Å². The van der Waals surface area contributed by atoms with Crippen LogP contribution in [0.4, 0.5) is 0 Å². The van der Waals surface area contributed by atoms with Gasteiger partial charge in [0.15, 0.2) is 0 Å². The number of rotatable bonds is 9. The molecule has 1 heterocycles. The van der Waals surface area contributed by atoms with Crippen LogP contribution in [0.15, 0.2) is 0 Å². The Morgan fingerprint density at radius 1 is 1.18 bits per heavy atom. The fourth-order valence-corrected chi connectivity index (χ4v) is 1.92. The molecular formula is C12H26N2O3. The highest BCUT2D eigenvalue weighted by atomic mass is 16.5. The van der Waals surface area contributed by atoms with Gasteiger partial charge in [-0.2, -0.15) is 0 Å². The molecule has 1 rings (SSSR count). The molecule has 0 saturated carbocycles. The number of nitrogens with zero attached hydrogens (tertiary/aromatic N) is 1. The molecule has 5 heteroatoms. The topological polar surface area (TPSA) is 43.0 Å². The molecule has 1 atom stereocenters. The Labute approximate surface area is 104 Å². The Hall–Kier alpha value is -0.200. The predicted octanol–water partition coefficient (Wildman–Crippen LogP) is -0.0403. The van der Waals surface area contributed by atoms with Crippen molar-refractivity contribution in [3.05, 3.63) is 0 Å². The van der Waals surface area contributed by atoms with E-state index >= 15 is 0 Å². The van der Waals surface area contributed by atoms with E-state index in [9.17, 15) is 0 Å². The highest BCUT2D eigenvalue weighted by Gasteiger charge is 2.14. The van der Waals surface area contributed by atoms with Crippen LogP contribution >= 0.6 is 0 Å². The summed E-state index contributed by atoms with van der Waals surface area (Å²) in [5.41, 5.74) is 0. The first-order chi connectivity index (χ1) is 8.36. The highest BCUT2D eigenvalue weighted by Crippen LogP contribution is 2.01. The van der Waals surface area contributed by atoms with Crippen molar-refractivity contribution in [2.24, 2.45) is 0 Å². The number of methoxy groups -OCH3 is 2. The molecule has 1 unspecified atom stereocenters. The fourth-order valence-electron chi connectivity index (χ4n) is 1.92. The second-order valence-corrected chi connectivity index (χ2v) is 4.34. The van der Waals surface area contributed by atoms with Gasteiger partial charge in [0, 0.05) is 39.9 Å².